The average molecular weight is 393 g/mol. The molecule has 0 radical (unpaired) electrons. The summed E-state index contributed by atoms with van der Waals surface area (Å²) in [6, 6.07) is 5.89. The third-order valence-corrected chi connectivity index (χ3v) is 4.89. The number of hydrogen-bond acceptors (Lipinski definition) is 5. The third kappa shape index (κ3) is 4.52. The molecule has 28 heavy (non-hydrogen) atoms. The lowest BCUT2D eigenvalue weighted by Crippen LogP contribution is -2.60. The minimum atomic E-state index is -0.520. The number of carbonyl (C=O) groups is 3. The summed E-state index contributed by atoms with van der Waals surface area (Å²) in [5, 5.41) is 0. The Morgan fingerprint density at radius 3 is 2.32 bits per heavy atom. The first-order valence-electron chi connectivity index (χ1n) is 9.35. The predicted molar refractivity (Wildman–Crippen MR) is 97.1 cm³/mol. The van der Waals surface area contributed by atoms with Crippen molar-refractivity contribution in [2.24, 2.45) is 5.92 Å². The number of benzene rings is 1. The highest BCUT2D eigenvalue weighted by molar-refractivity contribution is 5.85. The van der Waals surface area contributed by atoms with Gasteiger partial charge in [-0.2, -0.15) is 0 Å². The summed E-state index contributed by atoms with van der Waals surface area (Å²) in [5.41, 5.74) is 0. The predicted octanol–water partition coefficient (Wildman–Crippen LogP) is 0.964. The van der Waals surface area contributed by atoms with Gasteiger partial charge in [0.25, 0.3) is 5.91 Å². The van der Waals surface area contributed by atoms with E-state index < -0.39 is 5.82 Å². The molecule has 152 valence electrons. The van der Waals surface area contributed by atoms with E-state index in [-0.39, 0.29) is 36.2 Å². The molecule has 2 fully saturated rings. The Hall–Kier alpha value is -2.84. The Bertz CT molecular complexity index is 730. The maximum absolute atomic E-state index is 13.5. The Morgan fingerprint density at radius 1 is 1.04 bits per heavy atom. The number of para-hydroxylation sites is 1. The number of rotatable bonds is 5. The van der Waals surface area contributed by atoms with E-state index in [1.807, 2.05) is 0 Å². The average Bonchev–Trinajstić information content (AvgIpc) is 2.66. The largest absolute Gasteiger partial charge is 0.481 e. The second-order valence-electron chi connectivity index (χ2n) is 6.73. The van der Waals surface area contributed by atoms with Crippen LogP contribution in [0.3, 0.4) is 0 Å². The number of ether oxygens (including phenoxy) is 2. The molecule has 8 nitrogen and oxygen atoms in total. The van der Waals surface area contributed by atoms with Crippen LogP contribution in [0.2, 0.25) is 0 Å². The first-order chi connectivity index (χ1) is 13.5. The van der Waals surface area contributed by atoms with Gasteiger partial charge in [0.15, 0.2) is 18.2 Å². The third-order valence-electron chi connectivity index (χ3n) is 4.89. The van der Waals surface area contributed by atoms with Gasteiger partial charge in [-0.25, -0.2) is 9.18 Å². The van der Waals surface area contributed by atoms with E-state index in [0.717, 1.165) is 0 Å². The zero-order chi connectivity index (χ0) is 20.1. The summed E-state index contributed by atoms with van der Waals surface area (Å²) in [5.74, 6) is -1.02. The van der Waals surface area contributed by atoms with Gasteiger partial charge in [0.05, 0.1) is 12.5 Å². The van der Waals surface area contributed by atoms with E-state index in [9.17, 15) is 18.8 Å². The van der Waals surface area contributed by atoms with Crippen LogP contribution in [0.5, 0.6) is 5.75 Å². The van der Waals surface area contributed by atoms with Crippen molar-refractivity contribution < 1.29 is 28.2 Å². The number of nitrogens with zero attached hydrogens (tertiary/aromatic N) is 3. The van der Waals surface area contributed by atoms with Crippen LogP contribution in [-0.2, 0) is 14.3 Å². The molecule has 1 aromatic rings. The van der Waals surface area contributed by atoms with Crippen LogP contribution in [0.1, 0.15) is 6.92 Å². The molecule has 3 rings (SSSR count). The Labute approximate surface area is 162 Å². The molecule has 2 heterocycles. The highest BCUT2D eigenvalue weighted by Gasteiger charge is 2.39. The summed E-state index contributed by atoms with van der Waals surface area (Å²) >= 11 is 0. The number of likely N-dealkylation sites (tertiary alicyclic amines) is 1. The zero-order valence-electron chi connectivity index (χ0n) is 15.8. The first-order valence-corrected chi connectivity index (χ1v) is 9.35. The van der Waals surface area contributed by atoms with Gasteiger partial charge >= 0.3 is 6.09 Å². The molecule has 3 amide bonds. The Kier molecular flexibility index (Phi) is 6.33. The fourth-order valence-electron chi connectivity index (χ4n) is 3.21. The van der Waals surface area contributed by atoms with Gasteiger partial charge in [-0.3, -0.25) is 9.59 Å². The smallest absolute Gasteiger partial charge is 0.409 e. The van der Waals surface area contributed by atoms with Crippen LogP contribution in [0.25, 0.3) is 0 Å². The van der Waals surface area contributed by atoms with Crippen molar-refractivity contribution in [2.75, 3.05) is 52.5 Å². The highest BCUT2D eigenvalue weighted by Crippen LogP contribution is 2.21. The molecule has 2 aliphatic rings. The summed E-state index contributed by atoms with van der Waals surface area (Å²) in [7, 11) is 0. The van der Waals surface area contributed by atoms with E-state index in [1.54, 1.807) is 28.9 Å². The van der Waals surface area contributed by atoms with Gasteiger partial charge < -0.3 is 24.2 Å². The fourth-order valence-corrected chi connectivity index (χ4v) is 3.21. The van der Waals surface area contributed by atoms with E-state index in [4.69, 9.17) is 9.47 Å². The number of piperazine rings is 1. The summed E-state index contributed by atoms with van der Waals surface area (Å²) in [4.78, 5) is 41.2. The van der Waals surface area contributed by atoms with Gasteiger partial charge in [-0.1, -0.05) is 12.1 Å². The second kappa shape index (κ2) is 8.90. The van der Waals surface area contributed by atoms with Gasteiger partial charge in [-0.15, -0.1) is 0 Å². The SMILES string of the molecule is CCOC(=O)N1CCN(C(=O)C2CN(C(=O)COc3ccccc3F)C2)CC1. The van der Waals surface area contributed by atoms with Crippen molar-refractivity contribution in [2.45, 2.75) is 6.92 Å². The lowest BCUT2D eigenvalue weighted by atomic mass is 9.98. The van der Waals surface area contributed by atoms with Crippen LogP contribution in [0, 0.1) is 11.7 Å². The molecule has 0 N–H and O–H groups in total. The monoisotopic (exact) mass is 393 g/mol. The van der Waals surface area contributed by atoms with Gasteiger partial charge in [0, 0.05) is 39.3 Å². The van der Waals surface area contributed by atoms with Crippen LogP contribution in [0.4, 0.5) is 9.18 Å². The molecule has 1 aromatic carbocycles. The summed E-state index contributed by atoms with van der Waals surface area (Å²) < 4.78 is 23.7. The summed E-state index contributed by atoms with van der Waals surface area (Å²) in [6.45, 7) is 4.27. The fraction of sp³-hybridized carbons (Fsp3) is 0.526. The summed E-state index contributed by atoms with van der Waals surface area (Å²) in [6.07, 6.45) is -0.357. The van der Waals surface area contributed by atoms with E-state index in [0.29, 0.717) is 45.9 Å². The topological polar surface area (TPSA) is 79.4 Å². The van der Waals surface area contributed by atoms with Crippen molar-refractivity contribution in [3.8, 4) is 5.75 Å². The molecule has 0 bridgehead atoms. The second-order valence-corrected chi connectivity index (χ2v) is 6.73. The van der Waals surface area contributed by atoms with E-state index in [2.05, 4.69) is 0 Å². The lowest BCUT2D eigenvalue weighted by molar-refractivity contribution is -0.150. The molecule has 0 aromatic heterocycles. The van der Waals surface area contributed by atoms with Crippen molar-refractivity contribution in [1.82, 2.24) is 14.7 Å². The molecule has 2 aliphatic heterocycles. The van der Waals surface area contributed by atoms with E-state index >= 15 is 0 Å². The lowest BCUT2D eigenvalue weighted by Gasteiger charge is -2.42. The van der Waals surface area contributed by atoms with Gasteiger partial charge in [0.2, 0.25) is 5.91 Å². The highest BCUT2D eigenvalue weighted by atomic mass is 19.1. The molecule has 0 unspecified atom stereocenters. The number of halogens is 1. The Morgan fingerprint density at radius 2 is 1.68 bits per heavy atom. The number of carbonyl (C=O) groups excluding carboxylic acids is 3. The maximum atomic E-state index is 13.5. The molecular formula is C19H24FN3O5. The standard InChI is InChI=1S/C19H24FN3O5/c1-2-27-19(26)22-9-7-21(8-10-22)18(25)14-11-23(12-14)17(24)13-28-16-6-4-3-5-15(16)20/h3-6,14H,2,7-13H2,1H3. The maximum Gasteiger partial charge on any atom is 0.409 e. The molecule has 0 saturated carbocycles. The normalized spacial score (nSPS) is 17.1. The van der Waals surface area contributed by atoms with Gasteiger partial charge in [-0.05, 0) is 19.1 Å². The van der Waals surface area contributed by atoms with Crippen LogP contribution < -0.4 is 4.74 Å². The molecular weight excluding hydrogens is 369 g/mol. The molecule has 9 heteroatoms. The minimum absolute atomic E-state index is 0.0115. The van der Waals surface area contributed by atoms with Crippen molar-refractivity contribution >= 4 is 17.9 Å². The minimum Gasteiger partial charge on any atom is -0.481 e. The number of hydrogen-bond donors (Lipinski definition) is 0. The van der Waals surface area contributed by atoms with Gasteiger partial charge in [0.1, 0.15) is 0 Å². The van der Waals surface area contributed by atoms with Crippen molar-refractivity contribution in [3.05, 3.63) is 30.1 Å². The van der Waals surface area contributed by atoms with Crippen LogP contribution in [0.15, 0.2) is 24.3 Å². The number of amides is 3. The van der Waals surface area contributed by atoms with E-state index in [1.165, 1.54) is 17.0 Å². The van der Waals surface area contributed by atoms with Crippen LogP contribution >= 0.6 is 0 Å². The molecule has 0 atom stereocenters. The molecule has 0 aliphatic carbocycles. The molecule has 2 saturated heterocycles. The Balaban J connectivity index is 1.39. The van der Waals surface area contributed by atoms with Crippen LogP contribution in [-0.4, -0.2) is 85.1 Å². The first kappa shape index (κ1) is 19.9. The quantitative estimate of drug-likeness (QED) is 0.745. The van der Waals surface area contributed by atoms with Crippen molar-refractivity contribution in [1.29, 1.82) is 0 Å². The zero-order valence-corrected chi connectivity index (χ0v) is 15.8. The van der Waals surface area contributed by atoms with Crippen molar-refractivity contribution in [3.63, 3.8) is 0 Å². The molecule has 0 spiro atoms.